The fourth-order valence-corrected chi connectivity index (χ4v) is 3.68. The summed E-state index contributed by atoms with van der Waals surface area (Å²) in [7, 11) is 0. The molecular weight excluding hydrogens is 366 g/mol. The SMILES string of the molecule is CCCN1C(=O)C(=O)/C(=C(\O)c2ccc(C)c(C)c2)C1c1cccc(OCC)c1. The summed E-state index contributed by atoms with van der Waals surface area (Å²) in [6.07, 6.45) is 0.707. The van der Waals surface area contributed by atoms with Crippen LogP contribution in [-0.2, 0) is 9.59 Å². The van der Waals surface area contributed by atoms with Crippen LogP contribution >= 0.6 is 0 Å². The van der Waals surface area contributed by atoms with Crippen LogP contribution in [0.3, 0.4) is 0 Å². The highest BCUT2D eigenvalue weighted by Crippen LogP contribution is 2.40. The number of rotatable bonds is 6. The lowest BCUT2D eigenvalue weighted by Gasteiger charge is -2.25. The summed E-state index contributed by atoms with van der Waals surface area (Å²) in [6, 6.07) is 12.2. The number of amides is 1. The van der Waals surface area contributed by atoms with Crippen LogP contribution in [0.1, 0.15) is 48.6 Å². The maximum atomic E-state index is 12.9. The molecule has 0 aliphatic carbocycles. The van der Waals surface area contributed by atoms with Crippen molar-refractivity contribution >= 4 is 17.4 Å². The van der Waals surface area contributed by atoms with Crippen molar-refractivity contribution in [1.29, 1.82) is 0 Å². The number of ether oxygens (including phenoxy) is 1. The van der Waals surface area contributed by atoms with Gasteiger partial charge < -0.3 is 14.7 Å². The Morgan fingerprint density at radius 2 is 1.83 bits per heavy atom. The molecular formula is C24H27NO4. The summed E-state index contributed by atoms with van der Waals surface area (Å²) in [6.45, 7) is 8.73. The van der Waals surface area contributed by atoms with Crippen LogP contribution in [0.4, 0.5) is 0 Å². The molecule has 1 aliphatic heterocycles. The van der Waals surface area contributed by atoms with E-state index in [-0.39, 0.29) is 11.3 Å². The minimum atomic E-state index is -0.652. The third-order valence-electron chi connectivity index (χ3n) is 5.27. The fraction of sp³-hybridized carbons (Fsp3) is 0.333. The van der Waals surface area contributed by atoms with Gasteiger partial charge in [-0.1, -0.05) is 31.2 Å². The van der Waals surface area contributed by atoms with E-state index in [1.807, 2.05) is 64.1 Å². The zero-order valence-corrected chi connectivity index (χ0v) is 17.4. The number of benzene rings is 2. The van der Waals surface area contributed by atoms with Gasteiger partial charge >= 0.3 is 0 Å². The van der Waals surface area contributed by atoms with Crippen LogP contribution in [0.5, 0.6) is 5.75 Å². The van der Waals surface area contributed by atoms with Gasteiger partial charge in [0.2, 0.25) is 0 Å². The van der Waals surface area contributed by atoms with E-state index in [1.165, 1.54) is 0 Å². The number of nitrogens with zero attached hydrogens (tertiary/aromatic N) is 1. The Hall–Kier alpha value is -3.08. The molecule has 1 heterocycles. The number of ketones is 1. The third-order valence-corrected chi connectivity index (χ3v) is 5.27. The first-order valence-corrected chi connectivity index (χ1v) is 9.97. The fourth-order valence-electron chi connectivity index (χ4n) is 3.68. The summed E-state index contributed by atoms with van der Waals surface area (Å²) in [5, 5.41) is 11.1. The monoisotopic (exact) mass is 393 g/mol. The van der Waals surface area contributed by atoms with Crippen molar-refractivity contribution in [3.05, 3.63) is 70.3 Å². The van der Waals surface area contributed by atoms with Gasteiger partial charge in [0.1, 0.15) is 11.5 Å². The summed E-state index contributed by atoms with van der Waals surface area (Å²) in [4.78, 5) is 27.2. The quantitative estimate of drug-likeness (QED) is 0.445. The molecule has 0 aromatic heterocycles. The van der Waals surface area contributed by atoms with Crippen molar-refractivity contribution in [3.8, 4) is 5.75 Å². The van der Waals surface area contributed by atoms with Gasteiger partial charge in [-0.3, -0.25) is 9.59 Å². The Labute approximate surface area is 171 Å². The number of hydrogen-bond acceptors (Lipinski definition) is 4. The maximum Gasteiger partial charge on any atom is 0.295 e. The molecule has 2 aromatic rings. The van der Waals surface area contributed by atoms with Crippen LogP contribution in [-0.4, -0.2) is 34.8 Å². The Morgan fingerprint density at radius 3 is 2.48 bits per heavy atom. The van der Waals surface area contributed by atoms with Gasteiger partial charge in [0.25, 0.3) is 11.7 Å². The van der Waals surface area contributed by atoms with E-state index in [4.69, 9.17) is 4.74 Å². The summed E-state index contributed by atoms with van der Waals surface area (Å²) < 4.78 is 5.60. The smallest absolute Gasteiger partial charge is 0.295 e. The highest BCUT2D eigenvalue weighted by atomic mass is 16.5. The molecule has 1 amide bonds. The number of Topliss-reactive ketones (excluding diaryl/α,β-unsaturated/α-hetero) is 1. The number of likely N-dealkylation sites (tertiary alicyclic amines) is 1. The molecule has 1 fully saturated rings. The molecule has 0 spiro atoms. The standard InChI is InChI=1S/C24H27NO4/c1-5-12-25-21(17-8-7-9-19(14-17)29-6-2)20(23(27)24(25)28)22(26)18-11-10-15(3)16(4)13-18/h7-11,13-14,21,26H,5-6,12H2,1-4H3/b22-20-. The van der Waals surface area contributed by atoms with E-state index in [0.29, 0.717) is 30.9 Å². The van der Waals surface area contributed by atoms with Crippen molar-refractivity contribution in [2.75, 3.05) is 13.2 Å². The highest BCUT2D eigenvalue weighted by Gasteiger charge is 2.45. The van der Waals surface area contributed by atoms with Crippen LogP contribution in [0.15, 0.2) is 48.0 Å². The normalized spacial score (nSPS) is 18.3. The Bertz CT molecular complexity index is 977. The summed E-state index contributed by atoms with van der Waals surface area (Å²) in [5.74, 6) is -0.708. The van der Waals surface area contributed by atoms with Crippen molar-refractivity contribution in [2.45, 2.75) is 40.2 Å². The first-order chi connectivity index (χ1) is 13.9. The van der Waals surface area contributed by atoms with E-state index >= 15 is 0 Å². The van der Waals surface area contributed by atoms with Crippen LogP contribution in [0, 0.1) is 13.8 Å². The number of aryl methyl sites for hydroxylation is 2. The van der Waals surface area contributed by atoms with Gasteiger partial charge in [-0.05, 0) is 62.1 Å². The molecule has 1 unspecified atom stereocenters. The lowest BCUT2D eigenvalue weighted by molar-refractivity contribution is -0.139. The average Bonchev–Trinajstić information content (AvgIpc) is 2.95. The van der Waals surface area contributed by atoms with Gasteiger partial charge in [-0.25, -0.2) is 0 Å². The molecule has 2 aromatic carbocycles. The molecule has 29 heavy (non-hydrogen) atoms. The van der Waals surface area contributed by atoms with Crippen molar-refractivity contribution in [3.63, 3.8) is 0 Å². The predicted octanol–water partition coefficient (Wildman–Crippen LogP) is 4.53. The molecule has 0 radical (unpaired) electrons. The molecule has 152 valence electrons. The Morgan fingerprint density at radius 1 is 1.07 bits per heavy atom. The number of carbonyl (C=O) groups excluding carboxylic acids is 2. The van der Waals surface area contributed by atoms with Crippen LogP contribution < -0.4 is 4.74 Å². The number of hydrogen-bond donors (Lipinski definition) is 1. The number of aliphatic hydroxyl groups excluding tert-OH is 1. The number of carbonyl (C=O) groups is 2. The van der Waals surface area contributed by atoms with E-state index in [9.17, 15) is 14.7 Å². The molecule has 5 heteroatoms. The van der Waals surface area contributed by atoms with Gasteiger partial charge in [-0.15, -0.1) is 0 Å². The lowest BCUT2D eigenvalue weighted by Crippen LogP contribution is -2.30. The van der Waals surface area contributed by atoms with E-state index in [1.54, 1.807) is 11.0 Å². The minimum Gasteiger partial charge on any atom is -0.507 e. The van der Waals surface area contributed by atoms with Crippen molar-refractivity contribution in [1.82, 2.24) is 4.90 Å². The zero-order valence-electron chi connectivity index (χ0n) is 17.4. The van der Waals surface area contributed by atoms with Gasteiger partial charge in [0.05, 0.1) is 18.2 Å². The van der Waals surface area contributed by atoms with E-state index in [0.717, 1.165) is 16.7 Å². The molecule has 3 rings (SSSR count). The molecule has 1 N–H and O–H groups in total. The summed E-state index contributed by atoms with van der Waals surface area (Å²) >= 11 is 0. The molecule has 0 bridgehead atoms. The largest absolute Gasteiger partial charge is 0.507 e. The number of aliphatic hydroxyl groups is 1. The Kier molecular flexibility index (Phi) is 6.06. The topological polar surface area (TPSA) is 66.8 Å². The van der Waals surface area contributed by atoms with Gasteiger partial charge in [0, 0.05) is 12.1 Å². The van der Waals surface area contributed by atoms with Crippen LogP contribution in [0.25, 0.3) is 5.76 Å². The highest BCUT2D eigenvalue weighted by molar-refractivity contribution is 6.46. The van der Waals surface area contributed by atoms with E-state index < -0.39 is 17.7 Å². The average molecular weight is 393 g/mol. The van der Waals surface area contributed by atoms with Gasteiger partial charge in [0.15, 0.2) is 0 Å². The lowest BCUT2D eigenvalue weighted by atomic mass is 9.94. The predicted molar refractivity (Wildman–Crippen MR) is 113 cm³/mol. The molecule has 0 saturated carbocycles. The van der Waals surface area contributed by atoms with E-state index in [2.05, 4.69) is 0 Å². The van der Waals surface area contributed by atoms with Crippen molar-refractivity contribution < 1.29 is 19.4 Å². The van der Waals surface area contributed by atoms with Gasteiger partial charge in [-0.2, -0.15) is 0 Å². The second kappa shape index (κ2) is 8.52. The zero-order chi connectivity index (χ0) is 21.1. The molecule has 5 nitrogen and oxygen atoms in total. The molecule has 1 atom stereocenters. The molecule has 1 saturated heterocycles. The summed E-state index contributed by atoms with van der Waals surface area (Å²) in [5.41, 5.74) is 3.50. The second-order valence-corrected chi connectivity index (χ2v) is 7.30. The molecule has 1 aliphatic rings. The first-order valence-electron chi connectivity index (χ1n) is 9.97. The third kappa shape index (κ3) is 3.90. The van der Waals surface area contributed by atoms with Crippen LogP contribution in [0.2, 0.25) is 0 Å². The Balaban J connectivity index is 2.18. The maximum absolute atomic E-state index is 12.9. The second-order valence-electron chi connectivity index (χ2n) is 7.30. The first kappa shape index (κ1) is 20.6. The minimum absolute atomic E-state index is 0.125. The van der Waals surface area contributed by atoms with Crippen molar-refractivity contribution in [2.24, 2.45) is 0 Å².